The van der Waals surface area contributed by atoms with Gasteiger partial charge in [0.05, 0.1) is 6.42 Å². The van der Waals surface area contributed by atoms with E-state index in [0.717, 1.165) is 10.5 Å². The van der Waals surface area contributed by atoms with E-state index >= 15 is 0 Å². The zero-order chi connectivity index (χ0) is 11.5. The summed E-state index contributed by atoms with van der Waals surface area (Å²) in [5.74, 6) is -0.781. The average molecular weight is 224 g/mol. The number of hydrogen-bond donors (Lipinski definition) is 1. The standard InChI is InChI=1S/C12H16O2S/c1-12(2,3)15-10-7-5-4-6-9(10)8-11(13)14/h4-7H,8H2,1-3H3,(H,13,14). The molecule has 0 saturated heterocycles. The third-order valence-corrected chi connectivity index (χ3v) is 2.96. The van der Waals surface area contributed by atoms with Gasteiger partial charge in [0.15, 0.2) is 0 Å². The lowest BCUT2D eigenvalue weighted by molar-refractivity contribution is -0.136. The highest BCUT2D eigenvalue weighted by Gasteiger charge is 2.15. The molecule has 82 valence electrons. The largest absolute Gasteiger partial charge is 0.481 e. The van der Waals surface area contributed by atoms with Gasteiger partial charge >= 0.3 is 5.97 Å². The van der Waals surface area contributed by atoms with Crippen LogP contribution in [0, 0.1) is 0 Å². The van der Waals surface area contributed by atoms with Crippen LogP contribution in [-0.2, 0) is 11.2 Å². The van der Waals surface area contributed by atoms with Gasteiger partial charge in [-0.05, 0) is 11.6 Å². The molecule has 0 unspecified atom stereocenters. The fourth-order valence-electron chi connectivity index (χ4n) is 1.24. The van der Waals surface area contributed by atoms with E-state index in [4.69, 9.17) is 5.11 Å². The second kappa shape index (κ2) is 4.71. The Morgan fingerprint density at radius 3 is 2.47 bits per heavy atom. The molecule has 15 heavy (non-hydrogen) atoms. The fourth-order valence-corrected chi connectivity index (χ4v) is 2.32. The van der Waals surface area contributed by atoms with Gasteiger partial charge in [0.1, 0.15) is 0 Å². The lowest BCUT2D eigenvalue weighted by Crippen LogP contribution is -2.09. The van der Waals surface area contributed by atoms with Crippen molar-refractivity contribution in [2.45, 2.75) is 36.8 Å². The maximum absolute atomic E-state index is 10.7. The summed E-state index contributed by atoms with van der Waals surface area (Å²) in [6, 6.07) is 7.68. The zero-order valence-corrected chi connectivity index (χ0v) is 10.1. The number of carbonyl (C=O) groups is 1. The molecule has 0 radical (unpaired) electrons. The molecule has 1 aromatic rings. The number of carboxylic acid groups (broad SMARTS) is 1. The first-order valence-electron chi connectivity index (χ1n) is 4.87. The van der Waals surface area contributed by atoms with Crippen LogP contribution in [0.15, 0.2) is 29.2 Å². The molecule has 2 nitrogen and oxygen atoms in total. The number of carboxylic acids is 1. The lowest BCUT2D eigenvalue weighted by atomic mass is 10.1. The Labute approximate surface area is 94.7 Å². The molecule has 0 saturated carbocycles. The van der Waals surface area contributed by atoms with Crippen LogP contribution < -0.4 is 0 Å². The van der Waals surface area contributed by atoms with Crippen LogP contribution in [0.25, 0.3) is 0 Å². The molecule has 1 aromatic carbocycles. The van der Waals surface area contributed by atoms with Crippen molar-refractivity contribution in [3.05, 3.63) is 29.8 Å². The Balaban J connectivity index is 2.91. The molecule has 0 spiro atoms. The third kappa shape index (κ3) is 4.38. The minimum Gasteiger partial charge on any atom is -0.481 e. The van der Waals surface area contributed by atoms with E-state index in [2.05, 4.69) is 20.8 Å². The molecule has 0 heterocycles. The predicted octanol–water partition coefficient (Wildman–Crippen LogP) is 3.20. The molecule has 1 N–H and O–H groups in total. The maximum Gasteiger partial charge on any atom is 0.307 e. The van der Waals surface area contributed by atoms with Crippen molar-refractivity contribution in [2.75, 3.05) is 0 Å². The first-order chi connectivity index (χ1) is 6.88. The molecule has 0 bridgehead atoms. The molecule has 0 aliphatic carbocycles. The summed E-state index contributed by atoms with van der Waals surface area (Å²) in [7, 11) is 0. The molecule has 0 aromatic heterocycles. The molecule has 0 fully saturated rings. The van der Waals surface area contributed by atoms with Gasteiger partial charge in [-0.15, -0.1) is 11.8 Å². The van der Waals surface area contributed by atoms with Gasteiger partial charge in [-0.3, -0.25) is 4.79 Å². The van der Waals surface area contributed by atoms with Crippen molar-refractivity contribution in [3.63, 3.8) is 0 Å². The van der Waals surface area contributed by atoms with Gasteiger partial charge in [0.25, 0.3) is 0 Å². The van der Waals surface area contributed by atoms with E-state index in [0.29, 0.717) is 0 Å². The second-order valence-corrected chi connectivity index (χ2v) is 6.26. The summed E-state index contributed by atoms with van der Waals surface area (Å²) in [5.41, 5.74) is 0.893. The highest BCUT2D eigenvalue weighted by Crippen LogP contribution is 2.34. The van der Waals surface area contributed by atoms with Gasteiger partial charge in [-0.1, -0.05) is 39.0 Å². The summed E-state index contributed by atoms with van der Waals surface area (Å²) in [6.45, 7) is 6.36. The Kier molecular flexibility index (Phi) is 3.80. The number of rotatable bonds is 3. The fraction of sp³-hybridized carbons (Fsp3) is 0.417. The van der Waals surface area contributed by atoms with E-state index in [1.165, 1.54) is 0 Å². The number of hydrogen-bond acceptors (Lipinski definition) is 2. The minimum absolute atomic E-state index is 0.0965. The Morgan fingerprint density at radius 1 is 1.33 bits per heavy atom. The quantitative estimate of drug-likeness (QED) is 0.801. The van der Waals surface area contributed by atoms with E-state index in [1.807, 2.05) is 24.3 Å². The van der Waals surface area contributed by atoms with Crippen LogP contribution in [0.3, 0.4) is 0 Å². The highest BCUT2D eigenvalue weighted by molar-refractivity contribution is 8.00. The molecule has 3 heteroatoms. The summed E-state index contributed by atoms with van der Waals surface area (Å²) < 4.78 is 0.106. The highest BCUT2D eigenvalue weighted by atomic mass is 32.2. The van der Waals surface area contributed by atoms with Gasteiger partial charge in [0, 0.05) is 9.64 Å². The summed E-state index contributed by atoms with van der Waals surface area (Å²) in [6.07, 6.45) is 0.0965. The third-order valence-electron chi connectivity index (χ3n) is 1.73. The molecule has 0 aliphatic rings. The molecule has 0 amide bonds. The number of aliphatic carboxylic acids is 1. The van der Waals surface area contributed by atoms with Crippen LogP contribution in [-0.4, -0.2) is 15.8 Å². The van der Waals surface area contributed by atoms with Crippen molar-refractivity contribution in [2.24, 2.45) is 0 Å². The van der Waals surface area contributed by atoms with Crippen LogP contribution >= 0.6 is 11.8 Å². The van der Waals surface area contributed by atoms with Crippen LogP contribution in [0.1, 0.15) is 26.3 Å². The lowest BCUT2D eigenvalue weighted by Gasteiger charge is -2.19. The van der Waals surface area contributed by atoms with Crippen LogP contribution in [0.5, 0.6) is 0 Å². The molecule has 0 atom stereocenters. The number of thioether (sulfide) groups is 1. The van der Waals surface area contributed by atoms with E-state index in [1.54, 1.807) is 11.8 Å². The predicted molar refractivity (Wildman–Crippen MR) is 63.4 cm³/mol. The van der Waals surface area contributed by atoms with Crippen LogP contribution in [0.2, 0.25) is 0 Å². The van der Waals surface area contributed by atoms with Gasteiger partial charge in [-0.2, -0.15) is 0 Å². The maximum atomic E-state index is 10.7. The van der Waals surface area contributed by atoms with Crippen molar-refractivity contribution >= 4 is 17.7 Å². The SMILES string of the molecule is CC(C)(C)Sc1ccccc1CC(=O)O. The second-order valence-electron chi connectivity index (χ2n) is 4.39. The topological polar surface area (TPSA) is 37.3 Å². The van der Waals surface area contributed by atoms with Crippen molar-refractivity contribution in [1.82, 2.24) is 0 Å². The van der Waals surface area contributed by atoms with E-state index in [9.17, 15) is 4.79 Å². The summed E-state index contributed by atoms with van der Waals surface area (Å²) in [5, 5.41) is 8.78. The monoisotopic (exact) mass is 224 g/mol. The molecule has 1 rings (SSSR count). The van der Waals surface area contributed by atoms with Crippen molar-refractivity contribution in [3.8, 4) is 0 Å². The first-order valence-corrected chi connectivity index (χ1v) is 5.69. The smallest absolute Gasteiger partial charge is 0.307 e. The summed E-state index contributed by atoms with van der Waals surface area (Å²) in [4.78, 5) is 11.7. The normalized spacial score (nSPS) is 11.4. The van der Waals surface area contributed by atoms with Gasteiger partial charge < -0.3 is 5.11 Å². The summed E-state index contributed by atoms with van der Waals surface area (Å²) >= 11 is 1.71. The van der Waals surface area contributed by atoms with E-state index in [-0.39, 0.29) is 11.2 Å². The molecular weight excluding hydrogens is 208 g/mol. The minimum atomic E-state index is -0.781. The van der Waals surface area contributed by atoms with Gasteiger partial charge in [0.2, 0.25) is 0 Å². The van der Waals surface area contributed by atoms with Crippen LogP contribution in [0.4, 0.5) is 0 Å². The van der Waals surface area contributed by atoms with E-state index < -0.39 is 5.97 Å². The Hall–Kier alpha value is -0.960. The Bertz CT molecular complexity index is 353. The van der Waals surface area contributed by atoms with Gasteiger partial charge in [-0.25, -0.2) is 0 Å². The average Bonchev–Trinajstić information content (AvgIpc) is 2.05. The molecule has 0 aliphatic heterocycles. The zero-order valence-electron chi connectivity index (χ0n) is 9.28. The Morgan fingerprint density at radius 2 is 1.93 bits per heavy atom. The number of benzene rings is 1. The van der Waals surface area contributed by atoms with Crippen molar-refractivity contribution in [1.29, 1.82) is 0 Å². The first kappa shape index (κ1) is 12.1. The van der Waals surface area contributed by atoms with Crippen molar-refractivity contribution < 1.29 is 9.90 Å². The molecular formula is C12H16O2S.